The van der Waals surface area contributed by atoms with Gasteiger partial charge in [-0.05, 0) is 17.7 Å². The monoisotopic (exact) mass is 364 g/mol. The van der Waals surface area contributed by atoms with E-state index >= 15 is 0 Å². The van der Waals surface area contributed by atoms with E-state index in [1.165, 1.54) is 16.7 Å². The first kappa shape index (κ1) is 17.3. The molecule has 0 unspecified atom stereocenters. The van der Waals surface area contributed by atoms with Gasteiger partial charge in [-0.25, -0.2) is 4.79 Å². The second kappa shape index (κ2) is 7.22. The third-order valence-electron chi connectivity index (χ3n) is 4.71. The van der Waals surface area contributed by atoms with E-state index in [0.717, 1.165) is 23.4 Å². The number of hydrogen-bond acceptors (Lipinski definition) is 4. The summed E-state index contributed by atoms with van der Waals surface area (Å²) in [5, 5.41) is 30.8. The Morgan fingerprint density at radius 1 is 1.11 bits per heavy atom. The topological polar surface area (TPSA) is 110 Å². The Morgan fingerprint density at radius 2 is 1.85 bits per heavy atom. The third-order valence-corrected chi connectivity index (χ3v) is 4.71. The predicted molar refractivity (Wildman–Crippen MR) is 102 cm³/mol. The fraction of sp³-hybridized carbons (Fsp3) is 0.200. The number of rotatable bonds is 5. The van der Waals surface area contributed by atoms with Crippen LogP contribution >= 0.6 is 0 Å². The summed E-state index contributed by atoms with van der Waals surface area (Å²) in [6, 6.07) is 14.5. The van der Waals surface area contributed by atoms with Gasteiger partial charge in [0.1, 0.15) is 0 Å². The number of nitrogens with one attached hydrogen (secondary N) is 3. The molecule has 27 heavy (non-hydrogen) atoms. The molecule has 0 aliphatic heterocycles. The number of nitrogens with zero attached hydrogens (tertiary/aromatic N) is 1. The van der Waals surface area contributed by atoms with Crippen LogP contribution in [0.5, 0.6) is 0 Å². The first-order valence-electron chi connectivity index (χ1n) is 8.74. The molecule has 5 N–H and O–H groups in total. The molecule has 7 nitrogen and oxygen atoms in total. The number of amides is 2. The zero-order valence-electron chi connectivity index (χ0n) is 14.6. The summed E-state index contributed by atoms with van der Waals surface area (Å²) in [6.07, 6.45) is 0.851. The molecule has 4 rings (SSSR count). The van der Waals surface area contributed by atoms with Crippen LogP contribution in [-0.4, -0.2) is 45.7 Å². The number of hydrogen-bond donors (Lipinski definition) is 5. The normalized spacial score (nSPS) is 12.0. The molecule has 7 heteroatoms. The Labute approximate surface area is 156 Å². The van der Waals surface area contributed by atoms with Crippen molar-refractivity contribution in [3.8, 4) is 22.5 Å². The van der Waals surface area contributed by atoms with Crippen molar-refractivity contribution >= 4 is 11.7 Å². The molecule has 2 amide bonds. The van der Waals surface area contributed by atoms with Crippen LogP contribution in [0.4, 0.5) is 10.5 Å². The number of aliphatic hydroxyl groups is 2. The molecule has 2 aromatic carbocycles. The standard InChI is InChI=1S/C20H20N4O3/c25-10-15(11-26)22-20(27)21-14-7-5-12(6-8-14)18-17-9-13-3-1-2-4-16(13)19(17)24-23-18/h1-8,15,25-26H,9-11H2,(H,23,24)(H2,21,22,27). The highest BCUT2D eigenvalue weighted by Crippen LogP contribution is 2.39. The van der Waals surface area contributed by atoms with E-state index < -0.39 is 12.1 Å². The lowest BCUT2D eigenvalue weighted by Crippen LogP contribution is -2.42. The minimum Gasteiger partial charge on any atom is -0.394 e. The van der Waals surface area contributed by atoms with Crippen LogP contribution in [0.2, 0.25) is 0 Å². The van der Waals surface area contributed by atoms with E-state index in [9.17, 15) is 4.79 Å². The largest absolute Gasteiger partial charge is 0.394 e. The zero-order chi connectivity index (χ0) is 18.8. The van der Waals surface area contributed by atoms with Crippen LogP contribution in [0, 0.1) is 0 Å². The number of carbonyl (C=O) groups is 1. The summed E-state index contributed by atoms with van der Waals surface area (Å²) in [5.41, 5.74) is 7.24. The first-order chi connectivity index (χ1) is 13.2. The molecule has 138 valence electrons. The van der Waals surface area contributed by atoms with Gasteiger partial charge in [-0.15, -0.1) is 0 Å². The van der Waals surface area contributed by atoms with Crippen LogP contribution < -0.4 is 10.6 Å². The first-order valence-corrected chi connectivity index (χ1v) is 8.74. The number of aliphatic hydroxyl groups excluding tert-OH is 2. The van der Waals surface area contributed by atoms with Gasteiger partial charge in [0.15, 0.2) is 0 Å². The summed E-state index contributed by atoms with van der Waals surface area (Å²) in [6.45, 7) is -0.648. The van der Waals surface area contributed by atoms with Crippen LogP contribution in [0.25, 0.3) is 22.5 Å². The van der Waals surface area contributed by atoms with Gasteiger partial charge < -0.3 is 20.8 Å². The highest BCUT2D eigenvalue weighted by molar-refractivity contribution is 5.90. The van der Waals surface area contributed by atoms with Crippen molar-refractivity contribution in [2.45, 2.75) is 12.5 Å². The molecule has 0 atom stereocenters. The van der Waals surface area contributed by atoms with Gasteiger partial charge in [0.2, 0.25) is 0 Å². The van der Waals surface area contributed by atoms with E-state index in [4.69, 9.17) is 10.2 Å². The highest BCUT2D eigenvalue weighted by atomic mass is 16.3. The molecule has 0 saturated heterocycles. The number of benzene rings is 2. The Bertz CT molecular complexity index is 962. The van der Waals surface area contributed by atoms with Crippen molar-refractivity contribution in [2.24, 2.45) is 0 Å². The molecule has 1 aliphatic rings. The lowest BCUT2D eigenvalue weighted by molar-refractivity contribution is 0.172. The fourth-order valence-corrected chi connectivity index (χ4v) is 3.32. The second-order valence-corrected chi connectivity index (χ2v) is 6.50. The van der Waals surface area contributed by atoms with Crippen molar-refractivity contribution in [3.05, 3.63) is 59.7 Å². The van der Waals surface area contributed by atoms with E-state index in [1.807, 2.05) is 24.3 Å². The maximum atomic E-state index is 11.9. The average Bonchev–Trinajstić information content (AvgIpc) is 3.26. The molecule has 0 fully saturated rings. The van der Waals surface area contributed by atoms with Gasteiger partial charge >= 0.3 is 6.03 Å². The molecule has 1 aliphatic carbocycles. The number of anilines is 1. The highest BCUT2D eigenvalue weighted by Gasteiger charge is 2.24. The number of aromatic amines is 1. The van der Waals surface area contributed by atoms with Crippen molar-refractivity contribution in [3.63, 3.8) is 0 Å². The molecule has 1 aromatic heterocycles. The summed E-state index contributed by atoms with van der Waals surface area (Å²) in [4.78, 5) is 11.9. The molecular formula is C20H20N4O3. The van der Waals surface area contributed by atoms with Gasteiger partial charge in [0.25, 0.3) is 0 Å². The summed E-state index contributed by atoms with van der Waals surface area (Å²) in [5.74, 6) is 0. The molecule has 0 bridgehead atoms. The molecule has 3 aromatic rings. The molecule has 0 radical (unpaired) electrons. The Balaban J connectivity index is 1.50. The fourth-order valence-electron chi connectivity index (χ4n) is 3.32. The SMILES string of the molecule is O=C(Nc1ccc(-c2n[nH]c3c2Cc2ccccc2-3)cc1)NC(CO)CO. The van der Waals surface area contributed by atoms with Crippen molar-refractivity contribution < 1.29 is 15.0 Å². The molecule has 0 spiro atoms. The maximum absolute atomic E-state index is 11.9. The minimum atomic E-state index is -0.683. The van der Waals surface area contributed by atoms with E-state index in [-0.39, 0.29) is 13.2 Å². The van der Waals surface area contributed by atoms with Gasteiger partial charge in [0, 0.05) is 28.8 Å². The van der Waals surface area contributed by atoms with Crippen LogP contribution in [0.15, 0.2) is 48.5 Å². The maximum Gasteiger partial charge on any atom is 0.319 e. The predicted octanol–water partition coefficient (Wildman–Crippen LogP) is 2.12. The number of H-pyrrole nitrogens is 1. The lowest BCUT2D eigenvalue weighted by Gasteiger charge is -2.14. The average molecular weight is 364 g/mol. The third kappa shape index (κ3) is 3.30. The number of aromatic nitrogens is 2. The summed E-state index contributed by atoms with van der Waals surface area (Å²) in [7, 11) is 0. The Morgan fingerprint density at radius 3 is 2.59 bits per heavy atom. The number of fused-ring (bicyclic) bond motifs is 3. The van der Waals surface area contributed by atoms with Crippen molar-refractivity contribution in [1.29, 1.82) is 0 Å². The van der Waals surface area contributed by atoms with Crippen molar-refractivity contribution in [1.82, 2.24) is 15.5 Å². The van der Waals surface area contributed by atoms with Gasteiger partial charge in [-0.2, -0.15) is 5.10 Å². The Hall–Kier alpha value is -3.16. The van der Waals surface area contributed by atoms with Gasteiger partial charge in [-0.1, -0.05) is 36.4 Å². The van der Waals surface area contributed by atoms with E-state index in [2.05, 4.69) is 33.0 Å². The molecule has 0 saturated carbocycles. The van der Waals surface area contributed by atoms with E-state index in [1.54, 1.807) is 12.1 Å². The minimum absolute atomic E-state index is 0.324. The Kier molecular flexibility index (Phi) is 4.62. The quantitative estimate of drug-likeness (QED) is 0.374. The summed E-state index contributed by atoms with van der Waals surface area (Å²) < 4.78 is 0. The van der Waals surface area contributed by atoms with E-state index in [0.29, 0.717) is 5.69 Å². The number of carbonyl (C=O) groups excluding carboxylic acids is 1. The van der Waals surface area contributed by atoms with Crippen LogP contribution in [0.3, 0.4) is 0 Å². The zero-order valence-corrected chi connectivity index (χ0v) is 14.6. The van der Waals surface area contributed by atoms with Crippen LogP contribution in [0.1, 0.15) is 11.1 Å². The van der Waals surface area contributed by atoms with Crippen molar-refractivity contribution in [2.75, 3.05) is 18.5 Å². The second-order valence-electron chi connectivity index (χ2n) is 6.50. The summed E-state index contributed by atoms with van der Waals surface area (Å²) >= 11 is 0. The molecular weight excluding hydrogens is 344 g/mol. The van der Waals surface area contributed by atoms with Crippen LogP contribution in [-0.2, 0) is 6.42 Å². The lowest BCUT2D eigenvalue weighted by atomic mass is 10.1. The smallest absolute Gasteiger partial charge is 0.319 e. The molecule has 1 heterocycles. The number of urea groups is 1. The van der Waals surface area contributed by atoms with Gasteiger partial charge in [-0.3, -0.25) is 5.10 Å². The van der Waals surface area contributed by atoms with Gasteiger partial charge in [0.05, 0.1) is 30.6 Å².